The Labute approximate surface area is 139 Å². The van der Waals surface area contributed by atoms with Crippen molar-refractivity contribution in [1.82, 2.24) is 29.6 Å². The van der Waals surface area contributed by atoms with Gasteiger partial charge in [-0.3, -0.25) is 14.8 Å². The van der Waals surface area contributed by atoms with E-state index in [0.717, 1.165) is 25.1 Å². The summed E-state index contributed by atoms with van der Waals surface area (Å²) in [7, 11) is 0. The quantitative estimate of drug-likeness (QED) is 0.738. The molecule has 0 spiro atoms. The first kappa shape index (κ1) is 14.5. The van der Waals surface area contributed by atoms with Crippen LogP contribution in [0.5, 0.6) is 0 Å². The van der Waals surface area contributed by atoms with Crippen molar-refractivity contribution in [3.05, 3.63) is 66.6 Å². The minimum absolute atomic E-state index is 0.0167. The van der Waals surface area contributed by atoms with Crippen molar-refractivity contribution >= 4 is 5.91 Å². The molecule has 1 amide bonds. The zero-order chi connectivity index (χ0) is 16.4. The molecule has 0 aromatic carbocycles. The summed E-state index contributed by atoms with van der Waals surface area (Å²) < 4.78 is 1.66. The van der Waals surface area contributed by atoms with E-state index in [0.29, 0.717) is 11.4 Å². The number of likely N-dealkylation sites (tertiary alicyclic amines) is 1. The topological polar surface area (TPSA) is 76.8 Å². The lowest BCUT2D eigenvalue weighted by molar-refractivity contribution is 0.0732. The number of carbonyl (C=O) groups excluding carboxylic acids is 1. The van der Waals surface area contributed by atoms with Crippen LogP contribution >= 0.6 is 0 Å². The van der Waals surface area contributed by atoms with Gasteiger partial charge in [-0.1, -0.05) is 0 Å². The van der Waals surface area contributed by atoms with E-state index in [1.54, 1.807) is 47.8 Å². The van der Waals surface area contributed by atoms with Gasteiger partial charge >= 0.3 is 0 Å². The highest BCUT2D eigenvalue weighted by Gasteiger charge is 2.31. The summed E-state index contributed by atoms with van der Waals surface area (Å²) in [6, 6.07) is 5.40. The Morgan fingerprint density at radius 3 is 2.79 bits per heavy atom. The normalized spacial score (nSPS) is 17.2. The number of aromatic nitrogens is 5. The summed E-state index contributed by atoms with van der Waals surface area (Å²) >= 11 is 0. The van der Waals surface area contributed by atoms with E-state index >= 15 is 0 Å². The highest BCUT2D eigenvalue weighted by molar-refractivity contribution is 5.94. The Hall–Kier alpha value is -3.09. The van der Waals surface area contributed by atoms with Gasteiger partial charge in [-0.05, 0) is 31.0 Å². The average molecular weight is 320 g/mol. The number of amides is 1. The molecule has 4 heterocycles. The third-order valence-electron chi connectivity index (χ3n) is 4.17. The fraction of sp³-hybridized carbons (Fsp3) is 0.235. The highest BCUT2D eigenvalue weighted by Crippen LogP contribution is 2.31. The van der Waals surface area contributed by atoms with Crippen LogP contribution in [0.4, 0.5) is 0 Å². The Morgan fingerprint density at radius 1 is 1.12 bits per heavy atom. The lowest BCUT2D eigenvalue weighted by Gasteiger charge is -2.24. The number of pyridine rings is 1. The van der Waals surface area contributed by atoms with Crippen LogP contribution in [0.2, 0.25) is 0 Å². The van der Waals surface area contributed by atoms with Gasteiger partial charge in [0.2, 0.25) is 0 Å². The molecule has 24 heavy (non-hydrogen) atoms. The number of nitrogens with zero attached hydrogens (tertiary/aromatic N) is 6. The van der Waals surface area contributed by atoms with Crippen LogP contribution in [0.3, 0.4) is 0 Å². The van der Waals surface area contributed by atoms with Crippen LogP contribution in [0.25, 0.3) is 5.82 Å². The predicted octanol–water partition coefficient (Wildman–Crippen LogP) is 2.03. The zero-order valence-electron chi connectivity index (χ0n) is 13.0. The van der Waals surface area contributed by atoms with Gasteiger partial charge in [0, 0.05) is 37.5 Å². The van der Waals surface area contributed by atoms with E-state index in [4.69, 9.17) is 0 Å². The molecule has 1 aliphatic heterocycles. The van der Waals surface area contributed by atoms with Crippen LogP contribution in [0.15, 0.2) is 55.4 Å². The van der Waals surface area contributed by atoms with Gasteiger partial charge in [-0.25, -0.2) is 9.67 Å². The molecular formula is C17H16N6O. The largest absolute Gasteiger partial charge is 0.330 e. The maximum Gasteiger partial charge on any atom is 0.255 e. The molecule has 1 fully saturated rings. The molecule has 7 nitrogen and oxygen atoms in total. The zero-order valence-corrected chi connectivity index (χ0v) is 13.0. The second kappa shape index (κ2) is 6.19. The molecule has 3 aromatic heterocycles. The van der Waals surface area contributed by atoms with Gasteiger partial charge < -0.3 is 4.90 Å². The second-order valence-electron chi connectivity index (χ2n) is 5.64. The first-order chi connectivity index (χ1) is 11.8. The van der Waals surface area contributed by atoms with E-state index in [1.807, 2.05) is 17.2 Å². The standard InChI is InChI=1S/C17H16N6O/c24-17(13-4-5-16(20-11-13)23-10-2-6-21-23)22-9-1-3-15(22)14-12-18-7-8-19-14/h2,4-8,10-12,15H,1,3,9H2/t15-/m0/s1. The summed E-state index contributed by atoms with van der Waals surface area (Å²) in [6.45, 7) is 0.723. The monoisotopic (exact) mass is 320 g/mol. The van der Waals surface area contributed by atoms with Crippen molar-refractivity contribution in [3.8, 4) is 5.82 Å². The summed E-state index contributed by atoms with van der Waals surface area (Å²) in [5.41, 5.74) is 1.41. The maximum atomic E-state index is 12.8. The van der Waals surface area contributed by atoms with E-state index in [1.165, 1.54) is 0 Å². The fourth-order valence-corrected chi connectivity index (χ4v) is 3.02. The summed E-state index contributed by atoms with van der Waals surface area (Å²) in [5.74, 6) is 0.658. The van der Waals surface area contributed by atoms with Crippen molar-refractivity contribution in [2.75, 3.05) is 6.54 Å². The third kappa shape index (κ3) is 2.64. The first-order valence-corrected chi connectivity index (χ1v) is 7.86. The second-order valence-corrected chi connectivity index (χ2v) is 5.64. The van der Waals surface area contributed by atoms with Crippen molar-refractivity contribution in [2.45, 2.75) is 18.9 Å². The van der Waals surface area contributed by atoms with E-state index in [2.05, 4.69) is 20.1 Å². The summed E-state index contributed by atoms with van der Waals surface area (Å²) in [4.78, 5) is 27.5. The fourth-order valence-electron chi connectivity index (χ4n) is 3.02. The van der Waals surface area contributed by atoms with E-state index in [9.17, 15) is 4.79 Å². The molecule has 7 heteroatoms. The SMILES string of the molecule is O=C(c1ccc(-n2cccn2)nc1)N1CCC[C@H]1c1cnccn1. The van der Waals surface area contributed by atoms with Gasteiger partial charge in [0.1, 0.15) is 0 Å². The molecule has 0 saturated carbocycles. The minimum atomic E-state index is -0.0253. The molecule has 1 saturated heterocycles. The molecule has 4 rings (SSSR count). The molecule has 1 aliphatic rings. The smallest absolute Gasteiger partial charge is 0.255 e. The molecule has 120 valence electrons. The van der Waals surface area contributed by atoms with Gasteiger partial charge in [0.05, 0.1) is 23.5 Å². The maximum absolute atomic E-state index is 12.8. The first-order valence-electron chi connectivity index (χ1n) is 7.86. The lowest BCUT2D eigenvalue weighted by Crippen LogP contribution is -2.31. The molecule has 0 bridgehead atoms. The Balaban J connectivity index is 1.56. The van der Waals surface area contributed by atoms with Crippen LogP contribution in [-0.2, 0) is 0 Å². The Kier molecular flexibility index (Phi) is 3.74. The average Bonchev–Trinajstić information content (AvgIpc) is 3.34. The van der Waals surface area contributed by atoms with E-state index < -0.39 is 0 Å². The molecule has 0 radical (unpaired) electrons. The van der Waals surface area contributed by atoms with Crippen molar-refractivity contribution < 1.29 is 4.79 Å². The number of hydrogen-bond donors (Lipinski definition) is 0. The van der Waals surface area contributed by atoms with Crippen LogP contribution in [0.1, 0.15) is 34.9 Å². The minimum Gasteiger partial charge on any atom is -0.330 e. The summed E-state index contributed by atoms with van der Waals surface area (Å²) in [6.07, 6.45) is 12.0. The van der Waals surface area contributed by atoms with Crippen molar-refractivity contribution in [2.24, 2.45) is 0 Å². The predicted molar refractivity (Wildman–Crippen MR) is 86.4 cm³/mol. The van der Waals surface area contributed by atoms with Crippen LogP contribution in [0, 0.1) is 0 Å². The molecule has 0 aliphatic carbocycles. The van der Waals surface area contributed by atoms with Crippen molar-refractivity contribution in [3.63, 3.8) is 0 Å². The van der Waals surface area contributed by atoms with Gasteiger partial charge in [0.15, 0.2) is 5.82 Å². The summed E-state index contributed by atoms with van der Waals surface area (Å²) in [5, 5.41) is 4.13. The number of rotatable bonds is 3. The molecular weight excluding hydrogens is 304 g/mol. The Morgan fingerprint density at radius 2 is 2.08 bits per heavy atom. The van der Waals surface area contributed by atoms with Gasteiger partial charge in [-0.2, -0.15) is 5.10 Å². The lowest BCUT2D eigenvalue weighted by atomic mass is 10.1. The van der Waals surface area contributed by atoms with E-state index in [-0.39, 0.29) is 11.9 Å². The molecule has 3 aromatic rings. The van der Waals surface area contributed by atoms with Crippen LogP contribution in [-0.4, -0.2) is 42.1 Å². The number of hydrogen-bond acceptors (Lipinski definition) is 5. The van der Waals surface area contributed by atoms with Crippen LogP contribution < -0.4 is 0 Å². The highest BCUT2D eigenvalue weighted by atomic mass is 16.2. The van der Waals surface area contributed by atoms with Gasteiger partial charge in [0.25, 0.3) is 5.91 Å². The van der Waals surface area contributed by atoms with Gasteiger partial charge in [-0.15, -0.1) is 0 Å². The molecule has 0 unspecified atom stereocenters. The molecule has 1 atom stereocenters. The Bertz CT molecular complexity index is 816. The van der Waals surface area contributed by atoms with Crippen molar-refractivity contribution in [1.29, 1.82) is 0 Å². The number of carbonyl (C=O) groups is 1. The molecule has 0 N–H and O–H groups in total. The third-order valence-corrected chi connectivity index (χ3v) is 4.17.